The zero-order chi connectivity index (χ0) is 18.5. The van der Waals surface area contributed by atoms with E-state index in [-0.39, 0.29) is 23.3 Å². The van der Waals surface area contributed by atoms with Gasteiger partial charge in [-0.2, -0.15) is 4.98 Å². The third kappa shape index (κ3) is 2.52. The van der Waals surface area contributed by atoms with E-state index in [2.05, 4.69) is 32.0 Å². The molecule has 132 valence electrons. The van der Waals surface area contributed by atoms with Gasteiger partial charge in [-0.25, -0.2) is 0 Å². The largest absolute Gasteiger partial charge is 0.438 e. The molecule has 3 aromatic carbocycles. The fourth-order valence-electron chi connectivity index (χ4n) is 3.74. The highest BCUT2D eigenvalue weighted by molar-refractivity contribution is 9.10. The Morgan fingerprint density at radius 2 is 1.89 bits per heavy atom. The Morgan fingerprint density at radius 1 is 1.04 bits per heavy atom. The number of nitrogens with two attached hydrogens (primary N) is 1. The van der Waals surface area contributed by atoms with Crippen molar-refractivity contribution in [2.75, 3.05) is 5.73 Å². The van der Waals surface area contributed by atoms with Crippen molar-refractivity contribution in [3.8, 4) is 11.6 Å². The average Bonchev–Trinajstić information content (AvgIpc) is 2.66. The van der Waals surface area contributed by atoms with Crippen LogP contribution < -0.4 is 16.0 Å². The Morgan fingerprint density at radius 3 is 2.74 bits per heavy atom. The number of halogens is 1. The van der Waals surface area contributed by atoms with Crippen molar-refractivity contribution in [2.45, 2.75) is 5.92 Å². The van der Waals surface area contributed by atoms with Crippen molar-refractivity contribution < 1.29 is 4.74 Å². The van der Waals surface area contributed by atoms with Crippen LogP contribution in [-0.4, -0.2) is 9.97 Å². The monoisotopic (exact) mass is 419 g/mol. The van der Waals surface area contributed by atoms with Crippen molar-refractivity contribution in [3.63, 3.8) is 0 Å². The topological polar surface area (TPSA) is 81.0 Å². The predicted octanol–water partition coefficient (Wildman–Crippen LogP) is 4.55. The number of ether oxygens (including phenoxy) is 1. The van der Waals surface area contributed by atoms with Crippen LogP contribution >= 0.6 is 15.9 Å². The van der Waals surface area contributed by atoms with Gasteiger partial charge in [-0.15, -0.1) is 0 Å². The van der Waals surface area contributed by atoms with Crippen LogP contribution in [0.4, 0.5) is 5.95 Å². The second-order valence-corrected chi connectivity index (χ2v) is 7.37. The molecular formula is C21H14BrN3O2. The lowest BCUT2D eigenvalue weighted by atomic mass is 9.81. The maximum atomic E-state index is 12.8. The van der Waals surface area contributed by atoms with Crippen LogP contribution in [0.2, 0.25) is 0 Å². The smallest absolute Gasteiger partial charge is 0.260 e. The summed E-state index contributed by atoms with van der Waals surface area (Å²) in [5.41, 5.74) is 7.85. The second-order valence-electron chi connectivity index (χ2n) is 6.46. The van der Waals surface area contributed by atoms with Crippen LogP contribution in [0.25, 0.3) is 10.8 Å². The van der Waals surface area contributed by atoms with E-state index >= 15 is 0 Å². The van der Waals surface area contributed by atoms with Crippen molar-refractivity contribution >= 4 is 32.7 Å². The molecule has 3 N–H and O–H groups in total. The maximum absolute atomic E-state index is 12.8. The Balaban J connectivity index is 1.91. The van der Waals surface area contributed by atoms with Crippen LogP contribution in [0.5, 0.6) is 11.6 Å². The number of nitrogens with zero attached hydrogens (tertiary/aromatic N) is 1. The quantitative estimate of drug-likeness (QED) is 0.417. The standard InChI is InChI=1S/C21H14BrN3O2/c22-13-6-3-5-12(10-13)16-17-14-7-2-1-4-11(14)8-9-15(17)27-20-18(16)19(26)24-21(23)25-20/h1-10,16H,(H3,23,24,25,26). The first-order valence-electron chi connectivity index (χ1n) is 8.46. The lowest BCUT2D eigenvalue weighted by molar-refractivity contribution is 0.433. The molecule has 0 saturated carbocycles. The molecule has 27 heavy (non-hydrogen) atoms. The summed E-state index contributed by atoms with van der Waals surface area (Å²) < 4.78 is 6.95. The van der Waals surface area contributed by atoms with E-state index in [1.807, 2.05) is 54.6 Å². The van der Waals surface area contributed by atoms with Gasteiger partial charge in [-0.05, 0) is 34.5 Å². The third-order valence-corrected chi connectivity index (χ3v) is 5.33. The van der Waals surface area contributed by atoms with E-state index in [1.54, 1.807) is 0 Å². The van der Waals surface area contributed by atoms with Crippen molar-refractivity contribution in [1.82, 2.24) is 9.97 Å². The number of aromatic nitrogens is 2. The van der Waals surface area contributed by atoms with E-state index in [0.717, 1.165) is 26.4 Å². The number of hydrogen-bond donors (Lipinski definition) is 2. The normalized spacial score (nSPS) is 15.1. The Bertz CT molecular complexity index is 1270. The van der Waals surface area contributed by atoms with E-state index < -0.39 is 0 Å². The van der Waals surface area contributed by atoms with Crippen LogP contribution in [0.15, 0.2) is 69.9 Å². The summed E-state index contributed by atoms with van der Waals surface area (Å²) in [4.78, 5) is 19.7. The molecule has 0 aliphatic carbocycles. The summed E-state index contributed by atoms with van der Waals surface area (Å²) in [7, 11) is 0. The van der Waals surface area contributed by atoms with Crippen molar-refractivity contribution in [3.05, 3.63) is 92.2 Å². The highest BCUT2D eigenvalue weighted by atomic mass is 79.9. The SMILES string of the molecule is Nc1nc2c(c(=O)[nH]1)C(c1cccc(Br)c1)c1c(ccc3ccccc13)O2. The lowest BCUT2D eigenvalue weighted by Crippen LogP contribution is -2.25. The van der Waals surface area contributed by atoms with E-state index in [0.29, 0.717) is 11.3 Å². The van der Waals surface area contributed by atoms with Gasteiger partial charge in [0.25, 0.3) is 5.56 Å². The zero-order valence-corrected chi connectivity index (χ0v) is 15.7. The molecule has 2 heterocycles. The first kappa shape index (κ1) is 16.1. The highest BCUT2D eigenvalue weighted by Gasteiger charge is 2.34. The number of H-pyrrole nitrogens is 1. The summed E-state index contributed by atoms with van der Waals surface area (Å²) in [5, 5.41) is 2.13. The summed E-state index contributed by atoms with van der Waals surface area (Å²) in [5.74, 6) is 0.660. The number of nitrogen functional groups attached to an aromatic ring is 1. The number of rotatable bonds is 1. The Labute approximate surface area is 163 Å². The average molecular weight is 420 g/mol. The fraction of sp³-hybridized carbons (Fsp3) is 0.0476. The number of anilines is 1. The number of aromatic amines is 1. The number of benzene rings is 3. The molecule has 6 heteroatoms. The first-order chi connectivity index (χ1) is 13.1. The molecule has 0 amide bonds. The number of hydrogen-bond acceptors (Lipinski definition) is 4. The fourth-order valence-corrected chi connectivity index (χ4v) is 4.16. The molecule has 1 aliphatic rings. The number of nitrogens with one attached hydrogen (secondary N) is 1. The molecule has 5 rings (SSSR count). The van der Waals surface area contributed by atoms with Crippen LogP contribution in [0.1, 0.15) is 22.6 Å². The molecule has 5 nitrogen and oxygen atoms in total. The Kier molecular flexibility index (Phi) is 3.55. The molecule has 0 spiro atoms. The molecule has 1 aromatic heterocycles. The van der Waals surface area contributed by atoms with Gasteiger partial charge in [0.1, 0.15) is 5.75 Å². The van der Waals surface area contributed by atoms with Gasteiger partial charge in [0.2, 0.25) is 11.8 Å². The predicted molar refractivity (Wildman–Crippen MR) is 108 cm³/mol. The minimum Gasteiger partial charge on any atom is -0.438 e. The summed E-state index contributed by atoms with van der Waals surface area (Å²) >= 11 is 3.54. The minimum atomic E-state index is -0.316. The van der Waals surface area contributed by atoms with Crippen LogP contribution in [0.3, 0.4) is 0 Å². The third-order valence-electron chi connectivity index (χ3n) is 4.84. The minimum absolute atomic E-state index is 0.0379. The lowest BCUT2D eigenvalue weighted by Gasteiger charge is -2.28. The molecule has 0 saturated heterocycles. The molecule has 0 fully saturated rings. The van der Waals surface area contributed by atoms with Crippen LogP contribution in [0, 0.1) is 0 Å². The number of fused-ring (bicyclic) bond motifs is 4. The van der Waals surface area contributed by atoms with Gasteiger partial charge in [0.05, 0.1) is 5.56 Å². The van der Waals surface area contributed by atoms with Crippen molar-refractivity contribution in [2.24, 2.45) is 0 Å². The molecule has 0 radical (unpaired) electrons. The molecule has 1 aliphatic heterocycles. The maximum Gasteiger partial charge on any atom is 0.260 e. The van der Waals surface area contributed by atoms with E-state index in [9.17, 15) is 4.79 Å². The van der Waals surface area contributed by atoms with Crippen LogP contribution in [-0.2, 0) is 0 Å². The van der Waals surface area contributed by atoms with Gasteiger partial charge >= 0.3 is 0 Å². The summed E-state index contributed by atoms with van der Waals surface area (Å²) in [6.45, 7) is 0. The molecule has 1 atom stereocenters. The summed E-state index contributed by atoms with van der Waals surface area (Å²) in [6, 6.07) is 19.9. The molecule has 4 aromatic rings. The van der Waals surface area contributed by atoms with E-state index in [4.69, 9.17) is 10.5 Å². The molecule has 1 unspecified atom stereocenters. The highest BCUT2D eigenvalue weighted by Crippen LogP contribution is 2.48. The van der Waals surface area contributed by atoms with Crippen molar-refractivity contribution in [1.29, 1.82) is 0 Å². The zero-order valence-electron chi connectivity index (χ0n) is 14.1. The first-order valence-corrected chi connectivity index (χ1v) is 9.26. The summed E-state index contributed by atoms with van der Waals surface area (Å²) in [6.07, 6.45) is 0. The van der Waals surface area contributed by atoms with Gasteiger partial charge in [-0.1, -0.05) is 58.4 Å². The van der Waals surface area contributed by atoms with Gasteiger partial charge in [0, 0.05) is 16.0 Å². The van der Waals surface area contributed by atoms with Gasteiger partial charge in [0.15, 0.2) is 0 Å². The van der Waals surface area contributed by atoms with Gasteiger partial charge in [-0.3, -0.25) is 9.78 Å². The molecular weight excluding hydrogens is 406 g/mol. The Hall–Kier alpha value is -3.12. The van der Waals surface area contributed by atoms with E-state index in [1.165, 1.54) is 0 Å². The van der Waals surface area contributed by atoms with Gasteiger partial charge < -0.3 is 10.5 Å². The second kappa shape index (κ2) is 5.96. The molecule has 0 bridgehead atoms.